The third kappa shape index (κ3) is 1.47. The largest absolute Gasteiger partial charge is 0.464 e. The summed E-state index contributed by atoms with van der Waals surface area (Å²) >= 11 is 0. The summed E-state index contributed by atoms with van der Waals surface area (Å²) in [7, 11) is 0. The van der Waals surface area contributed by atoms with E-state index in [1.807, 2.05) is 30.6 Å². The van der Waals surface area contributed by atoms with Gasteiger partial charge in [-0.15, -0.1) is 0 Å². The number of para-hydroxylation sites is 1. The van der Waals surface area contributed by atoms with E-state index in [4.69, 9.17) is 4.42 Å². The van der Waals surface area contributed by atoms with E-state index in [2.05, 4.69) is 0 Å². The standard InChI is InChI=1S/C11H9O2/c12-7-3-4-9-8-13-11-6-2-1-5-10(9)11/h1-2,5-6,8H,3-4H2. The van der Waals surface area contributed by atoms with Crippen LogP contribution in [0.2, 0.25) is 0 Å². The molecule has 2 aromatic rings. The van der Waals surface area contributed by atoms with E-state index in [0.29, 0.717) is 12.8 Å². The Hall–Kier alpha value is -1.57. The molecule has 2 heteroatoms. The summed E-state index contributed by atoms with van der Waals surface area (Å²) in [6, 6.07) is 7.82. The topological polar surface area (TPSA) is 30.2 Å². The van der Waals surface area contributed by atoms with Crippen molar-refractivity contribution in [2.45, 2.75) is 12.8 Å². The fourth-order valence-corrected chi connectivity index (χ4v) is 1.41. The fourth-order valence-electron chi connectivity index (χ4n) is 1.41. The smallest absolute Gasteiger partial charge is 0.198 e. The second-order valence-corrected chi connectivity index (χ2v) is 2.90. The number of furan rings is 1. The van der Waals surface area contributed by atoms with Gasteiger partial charge in [0, 0.05) is 11.8 Å². The molecule has 0 unspecified atom stereocenters. The molecule has 1 radical (unpaired) electrons. The van der Waals surface area contributed by atoms with Crippen LogP contribution in [0.1, 0.15) is 12.0 Å². The van der Waals surface area contributed by atoms with Crippen molar-refractivity contribution in [2.24, 2.45) is 0 Å². The maximum atomic E-state index is 10.1. The highest BCUT2D eigenvalue weighted by Crippen LogP contribution is 2.21. The van der Waals surface area contributed by atoms with E-state index >= 15 is 0 Å². The monoisotopic (exact) mass is 173 g/mol. The molecule has 0 fully saturated rings. The molecular weight excluding hydrogens is 164 g/mol. The summed E-state index contributed by atoms with van der Waals surface area (Å²) in [6.07, 6.45) is 4.73. The van der Waals surface area contributed by atoms with Crippen LogP contribution < -0.4 is 0 Å². The van der Waals surface area contributed by atoms with Crippen LogP contribution in [0.5, 0.6) is 0 Å². The maximum Gasteiger partial charge on any atom is 0.198 e. The molecule has 2 rings (SSSR count). The average molecular weight is 173 g/mol. The van der Waals surface area contributed by atoms with E-state index < -0.39 is 0 Å². The summed E-state index contributed by atoms with van der Waals surface area (Å²) in [5.41, 5.74) is 1.96. The van der Waals surface area contributed by atoms with Crippen molar-refractivity contribution in [3.63, 3.8) is 0 Å². The number of hydrogen-bond acceptors (Lipinski definition) is 2. The molecule has 0 bridgehead atoms. The molecule has 13 heavy (non-hydrogen) atoms. The van der Waals surface area contributed by atoms with E-state index in [0.717, 1.165) is 16.5 Å². The molecule has 0 aliphatic heterocycles. The molecule has 1 aromatic heterocycles. The Balaban J connectivity index is 2.40. The predicted octanol–water partition coefficient (Wildman–Crippen LogP) is 2.48. The van der Waals surface area contributed by atoms with Crippen LogP contribution in [0, 0.1) is 0 Å². The zero-order valence-corrected chi connectivity index (χ0v) is 7.12. The molecule has 1 heterocycles. The van der Waals surface area contributed by atoms with E-state index in [9.17, 15) is 4.79 Å². The van der Waals surface area contributed by atoms with Crippen molar-refractivity contribution in [1.82, 2.24) is 0 Å². The van der Waals surface area contributed by atoms with Gasteiger partial charge in [0.15, 0.2) is 6.29 Å². The Morgan fingerprint density at radius 3 is 3.00 bits per heavy atom. The minimum atomic E-state index is 0.434. The van der Waals surface area contributed by atoms with Gasteiger partial charge in [-0.05, 0) is 18.1 Å². The average Bonchev–Trinajstić information content (AvgIpc) is 2.58. The molecule has 0 saturated carbocycles. The van der Waals surface area contributed by atoms with Crippen LogP contribution in [0.4, 0.5) is 0 Å². The van der Waals surface area contributed by atoms with Gasteiger partial charge in [-0.1, -0.05) is 18.2 Å². The Bertz CT molecular complexity index is 415. The lowest BCUT2D eigenvalue weighted by atomic mass is 10.1. The molecule has 65 valence electrons. The maximum absolute atomic E-state index is 10.1. The minimum Gasteiger partial charge on any atom is -0.464 e. The van der Waals surface area contributed by atoms with E-state index in [1.165, 1.54) is 0 Å². The van der Waals surface area contributed by atoms with Gasteiger partial charge in [-0.2, -0.15) is 0 Å². The normalized spacial score (nSPS) is 10.5. The van der Waals surface area contributed by atoms with Gasteiger partial charge >= 0.3 is 0 Å². The van der Waals surface area contributed by atoms with Crippen molar-refractivity contribution < 1.29 is 9.21 Å². The lowest BCUT2D eigenvalue weighted by molar-refractivity contribution is 0.551. The Labute approximate surface area is 76.2 Å². The van der Waals surface area contributed by atoms with Gasteiger partial charge in [0.2, 0.25) is 0 Å². The first-order valence-corrected chi connectivity index (χ1v) is 4.22. The Morgan fingerprint density at radius 1 is 1.31 bits per heavy atom. The van der Waals surface area contributed by atoms with Gasteiger partial charge in [-0.25, -0.2) is 0 Å². The number of aryl methyl sites for hydroxylation is 1. The molecule has 0 N–H and O–H groups in total. The van der Waals surface area contributed by atoms with Crippen LogP contribution >= 0.6 is 0 Å². The molecule has 0 saturated heterocycles. The summed E-state index contributed by atoms with van der Waals surface area (Å²) in [4.78, 5) is 10.1. The van der Waals surface area contributed by atoms with Gasteiger partial charge in [0.1, 0.15) is 5.58 Å². The number of hydrogen-bond donors (Lipinski definition) is 0. The van der Waals surface area contributed by atoms with Crippen LogP contribution in [0.15, 0.2) is 34.9 Å². The first-order valence-electron chi connectivity index (χ1n) is 4.22. The quantitative estimate of drug-likeness (QED) is 0.713. The molecule has 0 aliphatic rings. The number of rotatable bonds is 3. The van der Waals surface area contributed by atoms with Crippen molar-refractivity contribution in [3.05, 3.63) is 36.1 Å². The predicted molar refractivity (Wildman–Crippen MR) is 50.2 cm³/mol. The molecule has 1 aromatic carbocycles. The van der Waals surface area contributed by atoms with Crippen molar-refractivity contribution in [3.8, 4) is 0 Å². The van der Waals surface area contributed by atoms with Crippen LogP contribution in [-0.4, -0.2) is 6.29 Å². The first-order chi connectivity index (χ1) is 6.42. The first kappa shape index (κ1) is 8.05. The SMILES string of the molecule is O=[C]CCc1coc2ccccc12. The van der Waals surface area contributed by atoms with Crippen molar-refractivity contribution in [2.75, 3.05) is 0 Å². The fraction of sp³-hybridized carbons (Fsp3) is 0.182. The molecular formula is C11H9O2. The summed E-state index contributed by atoms with van der Waals surface area (Å²) < 4.78 is 5.32. The molecule has 2 nitrogen and oxygen atoms in total. The lowest BCUT2D eigenvalue weighted by Crippen LogP contribution is -1.82. The highest BCUT2D eigenvalue weighted by Gasteiger charge is 2.03. The third-order valence-corrected chi connectivity index (χ3v) is 2.06. The summed E-state index contributed by atoms with van der Waals surface area (Å²) in [6.45, 7) is 0. The van der Waals surface area contributed by atoms with Gasteiger partial charge in [0.05, 0.1) is 6.26 Å². The zero-order valence-electron chi connectivity index (χ0n) is 7.12. The number of fused-ring (bicyclic) bond motifs is 1. The summed E-state index contributed by atoms with van der Waals surface area (Å²) in [5.74, 6) is 0. The molecule has 0 spiro atoms. The lowest BCUT2D eigenvalue weighted by Gasteiger charge is -1.91. The van der Waals surface area contributed by atoms with E-state index in [1.54, 1.807) is 6.26 Å². The van der Waals surface area contributed by atoms with Crippen molar-refractivity contribution >= 4 is 17.3 Å². The van der Waals surface area contributed by atoms with Gasteiger partial charge in [0.25, 0.3) is 0 Å². The second kappa shape index (κ2) is 3.44. The highest BCUT2D eigenvalue weighted by molar-refractivity contribution is 5.81. The van der Waals surface area contributed by atoms with E-state index in [-0.39, 0.29) is 0 Å². The van der Waals surface area contributed by atoms with Crippen LogP contribution in [-0.2, 0) is 11.2 Å². The highest BCUT2D eigenvalue weighted by atomic mass is 16.3. The van der Waals surface area contributed by atoms with Crippen LogP contribution in [0.3, 0.4) is 0 Å². The second-order valence-electron chi connectivity index (χ2n) is 2.90. The summed E-state index contributed by atoms with van der Waals surface area (Å²) in [5, 5.41) is 1.10. The van der Waals surface area contributed by atoms with Gasteiger partial charge in [-0.3, -0.25) is 4.79 Å². The van der Waals surface area contributed by atoms with Crippen molar-refractivity contribution in [1.29, 1.82) is 0 Å². The third-order valence-electron chi connectivity index (χ3n) is 2.06. The molecule has 0 amide bonds. The zero-order chi connectivity index (χ0) is 9.10. The van der Waals surface area contributed by atoms with Gasteiger partial charge < -0.3 is 4.42 Å². The molecule has 0 aliphatic carbocycles. The minimum absolute atomic E-state index is 0.434. The number of benzene rings is 1. The molecule has 0 atom stereocenters. The van der Waals surface area contributed by atoms with Crippen LogP contribution in [0.25, 0.3) is 11.0 Å². The Morgan fingerprint density at radius 2 is 2.15 bits per heavy atom. The number of carbonyl (C=O) groups excluding carboxylic acids is 1. The Kier molecular flexibility index (Phi) is 2.13.